The van der Waals surface area contributed by atoms with E-state index in [2.05, 4.69) is 15.0 Å². The number of aromatic nitrogens is 1. The Morgan fingerprint density at radius 1 is 1.28 bits per heavy atom. The van der Waals surface area contributed by atoms with Gasteiger partial charge < -0.3 is 5.32 Å². The summed E-state index contributed by atoms with van der Waals surface area (Å²) in [6, 6.07) is 5.56. The van der Waals surface area contributed by atoms with Crippen LogP contribution in [0.25, 0.3) is 0 Å². The molecule has 1 aliphatic rings. The molecule has 3 rings (SSSR count). The van der Waals surface area contributed by atoms with Gasteiger partial charge in [-0.1, -0.05) is 17.7 Å². The minimum Gasteiger partial charge on any atom is -0.347 e. The zero-order chi connectivity index (χ0) is 21.2. The van der Waals surface area contributed by atoms with Crippen LogP contribution in [-0.4, -0.2) is 45.3 Å². The first-order valence-corrected chi connectivity index (χ1v) is 12.1. The van der Waals surface area contributed by atoms with Gasteiger partial charge in [-0.15, -0.1) is 0 Å². The van der Waals surface area contributed by atoms with Gasteiger partial charge in [-0.2, -0.15) is 0 Å². The van der Waals surface area contributed by atoms with Crippen molar-refractivity contribution >= 4 is 37.4 Å². The lowest BCUT2D eigenvalue weighted by molar-refractivity contribution is 0.0936. The van der Waals surface area contributed by atoms with Crippen molar-refractivity contribution in [2.75, 3.05) is 11.5 Å². The van der Waals surface area contributed by atoms with Crippen LogP contribution in [0, 0.1) is 5.82 Å². The fraction of sp³-hybridized carbons (Fsp3) is 0.294. The van der Waals surface area contributed by atoms with Gasteiger partial charge in [0.15, 0.2) is 9.84 Å². The summed E-state index contributed by atoms with van der Waals surface area (Å²) in [5, 5.41) is 2.32. The Hall–Kier alpha value is -2.08. The van der Waals surface area contributed by atoms with Gasteiger partial charge in [0, 0.05) is 18.8 Å². The summed E-state index contributed by atoms with van der Waals surface area (Å²) in [7, 11) is -7.02. The second-order valence-corrected chi connectivity index (χ2v) is 10.9. The second kappa shape index (κ2) is 8.34. The van der Waals surface area contributed by atoms with Crippen LogP contribution < -0.4 is 10.0 Å². The second-order valence-electron chi connectivity index (χ2n) is 6.53. The zero-order valence-electron chi connectivity index (χ0n) is 14.9. The predicted molar refractivity (Wildman–Crippen MR) is 104 cm³/mol. The van der Waals surface area contributed by atoms with Crippen LogP contribution in [0.1, 0.15) is 22.5 Å². The highest BCUT2D eigenvalue weighted by atomic mass is 35.5. The third kappa shape index (κ3) is 5.50. The first-order chi connectivity index (χ1) is 13.6. The Morgan fingerprint density at radius 3 is 2.62 bits per heavy atom. The fourth-order valence-corrected chi connectivity index (χ4v) is 5.70. The van der Waals surface area contributed by atoms with Crippen molar-refractivity contribution < 1.29 is 26.0 Å². The number of nitrogens with one attached hydrogen (secondary N) is 2. The number of halogens is 2. The summed E-state index contributed by atoms with van der Waals surface area (Å²) < 4.78 is 62.9. The fourth-order valence-electron chi connectivity index (χ4n) is 2.74. The van der Waals surface area contributed by atoms with Crippen molar-refractivity contribution in [3.63, 3.8) is 0 Å². The summed E-state index contributed by atoms with van der Waals surface area (Å²) in [5.74, 6) is -1.27. The molecule has 2 N–H and O–H groups in total. The quantitative estimate of drug-likeness (QED) is 0.668. The van der Waals surface area contributed by atoms with E-state index in [0.717, 1.165) is 18.2 Å². The van der Waals surface area contributed by atoms with Crippen LogP contribution >= 0.6 is 11.6 Å². The largest absolute Gasteiger partial charge is 0.347 e. The molecule has 2 aromatic rings. The van der Waals surface area contributed by atoms with Crippen LogP contribution in [-0.2, 0) is 26.4 Å². The lowest BCUT2D eigenvalue weighted by atomic mass is 10.2. The number of sulfone groups is 1. The van der Waals surface area contributed by atoms with E-state index in [1.165, 1.54) is 18.3 Å². The summed E-state index contributed by atoms with van der Waals surface area (Å²) in [6.45, 7) is -0.104. The molecule has 0 radical (unpaired) electrons. The molecule has 8 nitrogen and oxygen atoms in total. The number of benzene rings is 1. The molecule has 1 saturated heterocycles. The van der Waals surface area contributed by atoms with Crippen molar-refractivity contribution in [1.29, 1.82) is 0 Å². The molecule has 0 saturated carbocycles. The maximum atomic E-state index is 13.2. The van der Waals surface area contributed by atoms with Gasteiger partial charge >= 0.3 is 0 Å². The number of sulfonamides is 1. The van der Waals surface area contributed by atoms with Gasteiger partial charge in [0.2, 0.25) is 10.0 Å². The molecule has 2 heterocycles. The van der Waals surface area contributed by atoms with Gasteiger partial charge in [-0.05, 0) is 36.2 Å². The highest BCUT2D eigenvalue weighted by Gasteiger charge is 2.29. The number of nitrogens with zero attached hydrogens (tertiary/aromatic N) is 1. The Morgan fingerprint density at radius 2 is 2.03 bits per heavy atom. The standard InChI is InChI=1S/C17H17ClFN3O5S2/c18-14-7-13(2-3-15(14)19)29(26,27)21-9-11-1-4-16(20-8-11)17(23)22-12-5-6-28(24,25)10-12/h1-4,7-8,12,21H,5-6,9-10H2,(H,22,23). The predicted octanol–water partition coefficient (Wildman–Crippen LogP) is 1.27. The highest BCUT2D eigenvalue weighted by molar-refractivity contribution is 7.91. The molecule has 12 heteroatoms. The maximum absolute atomic E-state index is 13.2. The number of hydrogen-bond donors (Lipinski definition) is 2. The highest BCUT2D eigenvalue weighted by Crippen LogP contribution is 2.19. The molecule has 0 bridgehead atoms. The lowest BCUT2D eigenvalue weighted by Crippen LogP contribution is -2.36. The Bertz CT molecular complexity index is 1140. The third-order valence-electron chi connectivity index (χ3n) is 4.29. The Kier molecular flexibility index (Phi) is 6.22. The van der Waals surface area contributed by atoms with E-state index in [1.807, 2.05) is 0 Å². The maximum Gasteiger partial charge on any atom is 0.270 e. The normalized spacial score (nSPS) is 18.5. The van der Waals surface area contributed by atoms with Gasteiger partial charge in [0.1, 0.15) is 11.5 Å². The molecule has 1 fully saturated rings. The van der Waals surface area contributed by atoms with E-state index in [-0.39, 0.29) is 33.7 Å². The van der Waals surface area contributed by atoms with Crippen LogP contribution in [0.5, 0.6) is 0 Å². The topological polar surface area (TPSA) is 122 Å². The molecule has 1 unspecified atom stereocenters. The minimum absolute atomic E-state index is 0.0454. The molecular formula is C17H17ClFN3O5S2. The van der Waals surface area contributed by atoms with Crippen molar-refractivity contribution in [3.05, 3.63) is 58.6 Å². The van der Waals surface area contributed by atoms with Crippen molar-refractivity contribution in [2.45, 2.75) is 23.9 Å². The molecule has 1 amide bonds. The average molecular weight is 462 g/mol. The molecule has 1 aliphatic heterocycles. The van der Waals surface area contributed by atoms with Crippen LogP contribution in [0.4, 0.5) is 4.39 Å². The minimum atomic E-state index is -3.92. The van der Waals surface area contributed by atoms with Crippen molar-refractivity contribution in [3.8, 4) is 0 Å². The van der Waals surface area contributed by atoms with Gasteiger partial charge in [0.25, 0.3) is 5.91 Å². The molecule has 1 aromatic carbocycles. The van der Waals surface area contributed by atoms with Gasteiger partial charge in [-0.3, -0.25) is 9.78 Å². The van der Waals surface area contributed by atoms with E-state index in [9.17, 15) is 26.0 Å². The van der Waals surface area contributed by atoms with Crippen LogP contribution in [0.15, 0.2) is 41.4 Å². The molecule has 0 spiro atoms. The zero-order valence-corrected chi connectivity index (χ0v) is 17.3. The van der Waals surface area contributed by atoms with Crippen molar-refractivity contribution in [1.82, 2.24) is 15.0 Å². The van der Waals surface area contributed by atoms with E-state index in [4.69, 9.17) is 11.6 Å². The van der Waals surface area contributed by atoms with Gasteiger partial charge in [0.05, 0.1) is 21.4 Å². The molecular weight excluding hydrogens is 445 g/mol. The van der Waals surface area contributed by atoms with Crippen LogP contribution in [0.3, 0.4) is 0 Å². The number of carbonyl (C=O) groups is 1. The molecule has 1 aromatic heterocycles. The summed E-state index contributed by atoms with van der Waals surface area (Å²) in [5.41, 5.74) is 0.577. The Balaban J connectivity index is 1.60. The molecule has 29 heavy (non-hydrogen) atoms. The summed E-state index contributed by atoms with van der Waals surface area (Å²) in [6.07, 6.45) is 1.70. The monoisotopic (exact) mass is 461 g/mol. The number of carbonyl (C=O) groups excluding carboxylic acids is 1. The van der Waals surface area contributed by atoms with Crippen LogP contribution in [0.2, 0.25) is 5.02 Å². The van der Waals surface area contributed by atoms with E-state index >= 15 is 0 Å². The average Bonchev–Trinajstić information content (AvgIpc) is 3.01. The molecule has 156 valence electrons. The summed E-state index contributed by atoms with van der Waals surface area (Å²) in [4.78, 5) is 16.0. The number of amides is 1. The molecule has 1 atom stereocenters. The SMILES string of the molecule is O=C(NC1CCS(=O)(=O)C1)c1ccc(CNS(=O)(=O)c2ccc(F)c(Cl)c2)cn1. The smallest absolute Gasteiger partial charge is 0.270 e. The molecule has 0 aliphatic carbocycles. The lowest BCUT2D eigenvalue weighted by Gasteiger charge is -2.11. The van der Waals surface area contributed by atoms with E-state index in [0.29, 0.717) is 12.0 Å². The van der Waals surface area contributed by atoms with E-state index in [1.54, 1.807) is 0 Å². The van der Waals surface area contributed by atoms with E-state index < -0.39 is 37.6 Å². The van der Waals surface area contributed by atoms with Gasteiger partial charge in [-0.25, -0.2) is 25.9 Å². The Labute approximate surface area is 172 Å². The number of hydrogen-bond acceptors (Lipinski definition) is 6. The number of rotatable bonds is 6. The summed E-state index contributed by atoms with van der Waals surface area (Å²) >= 11 is 5.61. The number of pyridine rings is 1. The third-order valence-corrected chi connectivity index (χ3v) is 7.75. The first-order valence-electron chi connectivity index (χ1n) is 8.47. The first kappa shape index (κ1) is 21.6. The van der Waals surface area contributed by atoms with Crippen molar-refractivity contribution in [2.24, 2.45) is 0 Å².